The number of carbonyl (C=O) groups is 1. The Morgan fingerprint density at radius 2 is 1.94 bits per heavy atom. The summed E-state index contributed by atoms with van der Waals surface area (Å²) in [6, 6.07) is 9.90. The molecule has 3 heteroatoms. The van der Waals surface area contributed by atoms with Crippen LogP contribution in [0.25, 0.3) is 0 Å². The maximum Gasteiger partial charge on any atom is 0.372 e. The second-order valence-electron chi connectivity index (χ2n) is 3.77. The molecule has 1 unspecified atom stereocenters. The lowest BCUT2D eigenvalue weighted by Gasteiger charge is -2.13. The maximum atomic E-state index is 11.5. The number of ether oxygens (including phenoxy) is 2. The predicted molar refractivity (Wildman–Crippen MR) is 71.1 cm³/mol. The lowest BCUT2D eigenvalue weighted by molar-refractivity contribution is -0.139. The van der Waals surface area contributed by atoms with Gasteiger partial charge in [-0.05, 0) is 18.1 Å². The maximum absolute atomic E-state index is 11.5. The molecule has 0 amide bonds. The first-order valence-corrected chi connectivity index (χ1v) is 5.72. The highest BCUT2D eigenvalue weighted by atomic mass is 16.6. The SMILES string of the molecule is C=CCC(/C=C(/OC)C(=O)OC)c1ccccc1. The minimum atomic E-state index is -0.470. The third-order valence-corrected chi connectivity index (χ3v) is 2.61. The molecule has 0 aliphatic rings. The molecule has 0 fully saturated rings. The molecule has 1 aromatic carbocycles. The molecule has 0 bridgehead atoms. The van der Waals surface area contributed by atoms with Crippen molar-refractivity contribution in [2.75, 3.05) is 14.2 Å². The molecular weight excluding hydrogens is 228 g/mol. The summed E-state index contributed by atoms with van der Waals surface area (Å²) in [5.41, 5.74) is 1.11. The molecule has 0 saturated heterocycles. The van der Waals surface area contributed by atoms with Gasteiger partial charge in [-0.1, -0.05) is 36.4 Å². The van der Waals surface area contributed by atoms with Gasteiger partial charge >= 0.3 is 5.97 Å². The molecule has 18 heavy (non-hydrogen) atoms. The Morgan fingerprint density at radius 1 is 1.28 bits per heavy atom. The average Bonchev–Trinajstić information content (AvgIpc) is 2.43. The minimum Gasteiger partial charge on any atom is -0.490 e. The third kappa shape index (κ3) is 3.77. The topological polar surface area (TPSA) is 35.5 Å². The third-order valence-electron chi connectivity index (χ3n) is 2.61. The highest BCUT2D eigenvalue weighted by molar-refractivity contribution is 5.86. The van der Waals surface area contributed by atoms with Gasteiger partial charge in [-0.15, -0.1) is 6.58 Å². The Balaban J connectivity index is 3.02. The molecular formula is C15H18O3. The molecule has 1 aromatic rings. The van der Waals surface area contributed by atoms with Gasteiger partial charge in [0.1, 0.15) is 0 Å². The van der Waals surface area contributed by atoms with Crippen LogP contribution in [0.2, 0.25) is 0 Å². The van der Waals surface area contributed by atoms with Crippen molar-refractivity contribution in [1.82, 2.24) is 0 Å². The molecule has 0 aliphatic heterocycles. The van der Waals surface area contributed by atoms with Crippen molar-refractivity contribution in [3.05, 3.63) is 60.4 Å². The van der Waals surface area contributed by atoms with Gasteiger partial charge in [0, 0.05) is 5.92 Å². The summed E-state index contributed by atoms with van der Waals surface area (Å²) in [5, 5.41) is 0. The highest BCUT2D eigenvalue weighted by Crippen LogP contribution is 2.23. The predicted octanol–water partition coefficient (Wildman–Crippen LogP) is 3.05. The van der Waals surface area contributed by atoms with E-state index in [0.29, 0.717) is 0 Å². The van der Waals surface area contributed by atoms with Crippen LogP contribution in [0.15, 0.2) is 54.8 Å². The van der Waals surface area contributed by atoms with Crippen LogP contribution in [-0.4, -0.2) is 20.2 Å². The summed E-state index contributed by atoms with van der Waals surface area (Å²) in [6.07, 6.45) is 4.31. The normalized spacial score (nSPS) is 12.7. The van der Waals surface area contributed by atoms with E-state index >= 15 is 0 Å². The van der Waals surface area contributed by atoms with Gasteiger partial charge < -0.3 is 9.47 Å². The lowest BCUT2D eigenvalue weighted by Crippen LogP contribution is -2.08. The molecule has 0 aromatic heterocycles. The second kappa shape index (κ2) is 7.33. The molecule has 1 atom stereocenters. The number of hydrogen-bond acceptors (Lipinski definition) is 3. The van der Waals surface area contributed by atoms with Gasteiger partial charge in [0.25, 0.3) is 0 Å². The van der Waals surface area contributed by atoms with Crippen molar-refractivity contribution in [2.45, 2.75) is 12.3 Å². The molecule has 0 aliphatic carbocycles. The largest absolute Gasteiger partial charge is 0.490 e. The van der Waals surface area contributed by atoms with Crippen molar-refractivity contribution >= 4 is 5.97 Å². The average molecular weight is 246 g/mol. The van der Waals surface area contributed by atoms with Gasteiger partial charge in [0.2, 0.25) is 5.76 Å². The van der Waals surface area contributed by atoms with Crippen LogP contribution in [0.4, 0.5) is 0 Å². The van der Waals surface area contributed by atoms with Crippen molar-refractivity contribution in [1.29, 1.82) is 0 Å². The fraction of sp³-hybridized carbons (Fsp3) is 0.267. The molecule has 0 radical (unpaired) electrons. The van der Waals surface area contributed by atoms with Crippen molar-refractivity contribution in [2.24, 2.45) is 0 Å². The van der Waals surface area contributed by atoms with Gasteiger partial charge in [-0.2, -0.15) is 0 Å². The summed E-state index contributed by atoms with van der Waals surface area (Å²) in [7, 11) is 2.79. The second-order valence-corrected chi connectivity index (χ2v) is 3.77. The molecule has 0 N–H and O–H groups in total. The molecule has 1 rings (SSSR count). The van der Waals surface area contributed by atoms with Crippen molar-refractivity contribution < 1.29 is 14.3 Å². The zero-order chi connectivity index (χ0) is 13.4. The Bertz CT molecular complexity index is 421. The molecule has 96 valence electrons. The zero-order valence-electron chi connectivity index (χ0n) is 10.8. The molecule has 0 heterocycles. The fourth-order valence-electron chi connectivity index (χ4n) is 1.68. The first kappa shape index (κ1) is 14.0. The van der Waals surface area contributed by atoms with E-state index in [1.165, 1.54) is 14.2 Å². The van der Waals surface area contributed by atoms with E-state index in [4.69, 9.17) is 4.74 Å². The summed E-state index contributed by atoms with van der Waals surface area (Å²) in [4.78, 5) is 11.5. The Morgan fingerprint density at radius 3 is 2.44 bits per heavy atom. The summed E-state index contributed by atoms with van der Waals surface area (Å²) >= 11 is 0. The Labute approximate surface area is 108 Å². The van der Waals surface area contributed by atoms with Crippen LogP contribution < -0.4 is 0 Å². The summed E-state index contributed by atoms with van der Waals surface area (Å²) in [6.45, 7) is 3.74. The van der Waals surface area contributed by atoms with Crippen LogP contribution in [0, 0.1) is 0 Å². The number of benzene rings is 1. The number of esters is 1. The van der Waals surface area contributed by atoms with Gasteiger partial charge in [0.15, 0.2) is 0 Å². The van der Waals surface area contributed by atoms with Crippen LogP contribution in [0.5, 0.6) is 0 Å². The standard InChI is InChI=1S/C15H18O3/c1-4-8-13(12-9-6-5-7-10-12)11-14(17-2)15(16)18-3/h4-7,9-11,13H,1,8H2,2-3H3/b14-11+. The fourth-order valence-corrected chi connectivity index (χ4v) is 1.68. The van der Waals surface area contributed by atoms with E-state index in [2.05, 4.69) is 11.3 Å². The summed E-state index contributed by atoms with van der Waals surface area (Å²) < 4.78 is 9.71. The number of hydrogen-bond donors (Lipinski definition) is 0. The van der Waals surface area contributed by atoms with Gasteiger partial charge in [-0.3, -0.25) is 0 Å². The zero-order valence-corrected chi connectivity index (χ0v) is 10.8. The smallest absolute Gasteiger partial charge is 0.372 e. The molecule has 0 spiro atoms. The minimum absolute atomic E-state index is 0.0535. The van der Waals surface area contributed by atoms with E-state index in [1.807, 2.05) is 36.4 Å². The highest BCUT2D eigenvalue weighted by Gasteiger charge is 2.14. The number of rotatable bonds is 6. The van der Waals surface area contributed by atoms with E-state index in [1.54, 1.807) is 6.08 Å². The van der Waals surface area contributed by atoms with Gasteiger partial charge in [0.05, 0.1) is 14.2 Å². The quantitative estimate of drug-likeness (QED) is 0.335. The number of carbonyl (C=O) groups excluding carboxylic acids is 1. The molecule has 3 nitrogen and oxygen atoms in total. The first-order chi connectivity index (χ1) is 8.72. The van der Waals surface area contributed by atoms with Crippen molar-refractivity contribution in [3.63, 3.8) is 0 Å². The summed E-state index contributed by atoms with van der Waals surface area (Å²) in [5.74, 6) is -0.201. The van der Waals surface area contributed by atoms with Crippen LogP contribution in [-0.2, 0) is 14.3 Å². The van der Waals surface area contributed by atoms with Gasteiger partial charge in [-0.25, -0.2) is 4.79 Å². The Kier molecular flexibility index (Phi) is 5.71. The van der Waals surface area contributed by atoms with E-state index < -0.39 is 5.97 Å². The molecule has 0 saturated carbocycles. The van der Waals surface area contributed by atoms with Crippen LogP contribution in [0.3, 0.4) is 0 Å². The Hall–Kier alpha value is -2.03. The number of allylic oxidation sites excluding steroid dienone is 2. The van der Waals surface area contributed by atoms with E-state index in [9.17, 15) is 4.79 Å². The van der Waals surface area contributed by atoms with Crippen LogP contribution >= 0.6 is 0 Å². The first-order valence-electron chi connectivity index (χ1n) is 5.72. The number of methoxy groups -OCH3 is 2. The lowest BCUT2D eigenvalue weighted by atomic mass is 9.95. The van der Waals surface area contributed by atoms with E-state index in [-0.39, 0.29) is 11.7 Å². The van der Waals surface area contributed by atoms with E-state index in [0.717, 1.165) is 12.0 Å². The van der Waals surface area contributed by atoms with Crippen LogP contribution in [0.1, 0.15) is 17.9 Å². The monoisotopic (exact) mass is 246 g/mol. The van der Waals surface area contributed by atoms with Crippen molar-refractivity contribution in [3.8, 4) is 0 Å².